The lowest BCUT2D eigenvalue weighted by atomic mass is 10.1. The van der Waals surface area contributed by atoms with Crippen molar-refractivity contribution >= 4 is 22.8 Å². The predicted octanol–water partition coefficient (Wildman–Crippen LogP) is 4.66. The maximum absolute atomic E-state index is 13.1. The quantitative estimate of drug-likeness (QED) is 0.639. The topological polar surface area (TPSA) is 62.9 Å². The molecule has 0 saturated carbocycles. The lowest BCUT2D eigenvalue weighted by Gasteiger charge is -2.21. The third kappa shape index (κ3) is 4.09. The van der Waals surface area contributed by atoms with Crippen LogP contribution in [0.3, 0.4) is 0 Å². The summed E-state index contributed by atoms with van der Waals surface area (Å²) >= 11 is 0. The molecule has 0 unspecified atom stereocenters. The van der Waals surface area contributed by atoms with Gasteiger partial charge in [0, 0.05) is 24.3 Å². The summed E-state index contributed by atoms with van der Waals surface area (Å²) < 4.78 is 1.44. The summed E-state index contributed by atoms with van der Waals surface area (Å²) in [5, 5.41) is 4.49. The second-order valence-corrected chi connectivity index (χ2v) is 7.77. The van der Waals surface area contributed by atoms with Gasteiger partial charge in [-0.25, -0.2) is 9.98 Å². The summed E-state index contributed by atoms with van der Waals surface area (Å²) in [4.78, 5) is 25.2. The molecule has 6 heteroatoms. The summed E-state index contributed by atoms with van der Waals surface area (Å²) in [7, 11) is 0. The van der Waals surface area contributed by atoms with Gasteiger partial charge >= 0.3 is 0 Å². The van der Waals surface area contributed by atoms with Crippen LogP contribution in [0.4, 0.5) is 11.4 Å². The van der Waals surface area contributed by atoms with Crippen molar-refractivity contribution in [3.05, 3.63) is 51.2 Å². The van der Waals surface area contributed by atoms with E-state index >= 15 is 0 Å². The standard InChI is InChI=1S/C24H33N5O/c1-7-11-19-21(12-8-2)26-23-22(17(6)27-29(23)24(19)30)25-20-14-13-18(15-16(20)5)28(9-3)10-4/h13-15H,7-12H2,1-6H3. The largest absolute Gasteiger partial charge is 0.372 e. The van der Waals surface area contributed by atoms with Crippen LogP contribution >= 0.6 is 0 Å². The van der Waals surface area contributed by atoms with Gasteiger partial charge in [0.2, 0.25) is 0 Å². The first-order valence-corrected chi connectivity index (χ1v) is 11.1. The van der Waals surface area contributed by atoms with Crippen LogP contribution in [0.25, 0.3) is 0 Å². The number of aromatic nitrogens is 2. The number of anilines is 1. The minimum absolute atomic E-state index is 0.0524. The molecule has 6 nitrogen and oxygen atoms in total. The molecular weight excluding hydrogens is 374 g/mol. The molecule has 0 radical (unpaired) electrons. The highest BCUT2D eigenvalue weighted by molar-refractivity contribution is 6.48. The fourth-order valence-electron chi connectivity index (χ4n) is 3.94. The average Bonchev–Trinajstić information content (AvgIpc) is 3.03. The lowest BCUT2D eigenvalue weighted by molar-refractivity contribution is 0.726. The Morgan fingerprint density at radius 2 is 1.73 bits per heavy atom. The number of aryl methyl sites for hydroxylation is 2. The molecule has 0 amide bonds. The van der Waals surface area contributed by atoms with Gasteiger partial charge in [0.1, 0.15) is 5.71 Å². The van der Waals surface area contributed by atoms with Crippen LogP contribution in [0.2, 0.25) is 0 Å². The fourth-order valence-corrected chi connectivity index (χ4v) is 3.94. The summed E-state index contributed by atoms with van der Waals surface area (Å²) in [5.74, 6) is 0.563. The van der Waals surface area contributed by atoms with Gasteiger partial charge in [-0.15, -0.1) is 0 Å². The Morgan fingerprint density at radius 1 is 1.03 bits per heavy atom. The van der Waals surface area contributed by atoms with E-state index in [1.165, 1.54) is 10.4 Å². The molecule has 1 aliphatic rings. The van der Waals surface area contributed by atoms with E-state index in [-0.39, 0.29) is 5.56 Å². The Labute approximate surface area is 179 Å². The normalized spacial score (nSPS) is 14.2. The van der Waals surface area contributed by atoms with Crippen LogP contribution in [0, 0.1) is 6.92 Å². The molecular formula is C24H33N5O. The highest BCUT2D eigenvalue weighted by atomic mass is 16.1. The Hall–Kier alpha value is -2.76. The Bertz CT molecular complexity index is 1040. The summed E-state index contributed by atoms with van der Waals surface area (Å²) in [6, 6.07) is 6.32. The SMILES string of the molecule is CCCc1nc2n(c(=O)c1CCC)N=C(C)C2=Nc1ccc(N(CC)CC)cc1C. The van der Waals surface area contributed by atoms with Crippen LogP contribution in [0.1, 0.15) is 70.1 Å². The van der Waals surface area contributed by atoms with Crippen molar-refractivity contribution in [2.45, 2.75) is 67.2 Å². The van der Waals surface area contributed by atoms with E-state index in [4.69, 9.17) is 9.98 Å². The second-order valence-electron chi connectivity index (χ2n) is 7.77. The number of fused-ring (bicyclic) bond motifs is 1. The zero-order chi connectivity index (χ0) is 21.8. The summed E-state index contributed by atoms with van der Waals surface area (Å²) in [5.41, 5.74) is 6.21. The molecule has 1 aromatic heterocycles. The van der Waals surface area contributed by atoms with E-state index in [2.05, 4.69) is 56.8 Å². The molecule has 1 aliphatic heterocycles. The zero-order valence-corrected chi connectivity index (χ0v) is 19.1. The van der Waals surface area contributed by atoms with E-state index in [1.807, 2.05) is 13.0 Å². The van der Waals surface area contributed by atoms with Crippen molar-refractivity contribution in [1.29, 1.82) is 0 Å². The molecule has 0 aliphatic carbocycles. The highest BCUT2D eigenvalue weighted by Gasteiger charge is 2.26. The maximum Gasteiger partial charge on any atom is 0.277 e. The maximum atomic E-state index is 13.1. The molecule has 2 aromatic rings. The van der Waals surface area contributed by atoms with Crippen LogP contribution in [-0.2, 0) is 12.8 Å². The number of nitrogens with zero attached hydrogens (tertiary/aromatic N) is 5. The highest BCUT2D eigenvalue weighted by Crippen LogP contribution is 2.26. The van der Waals surface area contributed by atoms with E-state index < -0.39 is 0 Å². The molecule has 0 spiro atoms. The van der Waals surface area contributed by atoms with Crippen molar-refractivity contribution in [3.63, 3.8) is 0 Å². The molecule has 160 valence electrons. The summed E-state index contributed by atoms with van der Waals surface area (Å²) in [6.45, 7) is 14.4. The molecule has 0 fully saturated rings. The van der Waals surface area contributed by atoms with Crippen molar-refractivity contribution in [2.75, 3.05) is 18.0 Å². The third-order valence-corrected chi connectivity index (χ3v) is 5.57. The number of aliphatic imine (C=N–C) groups is 1. The van der Waals surface area contributed by atoms with Crippen LogP contribution in [0.5, 0.6) is 0 Å². The molecule has 1 aromatic carbocycles. The van der Waals surface area contributed by atoms with Crippen molar-refractivity contribution in [2.24, 2.45) is 10.1 Å². The Balaban J connectivity index is 2.09. The molecule has 0 saturated heterocycles. The van der Waals surface area contributed by atoms with Crippen molar-refractivity contribution in [1.82, 2.24) is 9.66 Å². The van der Waals surface area contributed by atoms with E-state index in [0.717, 1.165) is 67.0 Å². The Kier molecular flexibility index (Phi) is 6.85. The third-order valence-electron chi connectivity index (χ3n) is 5.57. The van der Waals surface area contributed by atoms with Gasteiger partial charge in [0.15, 0.2) is 5.82 Å². The van der Waals surface area contributed by atoms with Crippen molar-refractivity contribution in [3.8, 4) is 0 Å². The molecule has 0 N–H and O–H groups in total. The van der Waals surface area contributed by atoms with E-state index in [1.54, 1.807) is 0 Å². The number of rotatable bonds is 8. The van der Waals surface area contributed by atoms with Gasteiger partial charge < -0.3 is 4.90 Å². The molecule has 0 atom stereocenters. The monoisotopic (exact) mass is 407 g/mol. The van der Waals surface area contributed by atoms with Gasteiger partial charge in [-0.3, -0.25) is 4.79 Å². The minimum Gasteiger partial charge on any atom is -0.372 e. The number of benzene rings is 1. The zero-order valence-electron chi connectivity index (χ0n) is 19.1. The first kappa shape index (κ1) is 21.9. The molecule has 2 heterocycles. The average molecular weight is 408 g/mol. The van der Waals surface area contributed by atoms with Gasteiger partial charge in [-0.1, -0.05) is 26.7 Å². The van der Waals surface area contributed by atoms with Crippen LogP contribution in [0.15, 0.2) is 33.1 Å². The Morgan fingerprint density at radius 3 is 2.33 bits per heavy atom. The van der Waals surface area contributed by atoms with Gasteiger partial charge in [-0.05, 0) is 64.3 Å². The number of hydrogen-bond donors (Lipinski definition) is 0. The molecule has 0 bridgehead atoms. The first-order chi connectivity index (χ1) is 14.4. The minimum atomic E-state index is -0.0524. The fraction of sp³-hybridized carbons (Fsp3) is 0.500. The van der Waals surface area contributed by atoms with E-state index in [9.17, 15) is 4.79 Å². The first-order valence-electron chi connectivity index (χ1n) is 11.1. The van der Waals surface area contributed by atoms with Gasteiger partial charge in [-0.2, -0.15) is 9.78 Å². The van der Waals surface area contributed by atoms with Crippen LogP contribution in [-0.4, -0.2) is 34.2 Å². The molecule has 3 rings (SSSR count). The smallest absolute Gasteiger partial charge is 0.277 e. The molecule has 30 heavy (non-hydrogen) atoms. The summed E-state index contributed by atoms with van der Waals surface area (Å²) in [6.07, 6.45) is 3.39. The number of hydrogen-bond acceptors (Lipinski definition) is 5. The van der Waals surface area contributed by atoms with E-state index in [0.29, 0.717) is 11.5 Å². The van der Waals surface area contributed by atoms with Gasteiger partial charge in [0.05, 0.1) is 17.1 Å². The van der Waals surface area contributed by atoms with Crippen LogP contribution < -0.4 is 10.5 Å². The van der Waals surface area contributed by atoms with Crippen molar-refractivity contribution < 1.29 is 0 Å². The van der Waals surface area contributed by atoms with Gasteiger partial charge in [0.25, 0.3) is 5.56 Å². The lowest BCUT2D eigenvalue weighted by Crippen LogP contribution is -2.27. The predicted molar refractivity (Wildman–Crippen MR) is 126 cm³/mol. The second kappa shape index (κ2) is 9.37.